The van der Waals surface area contributed by atoms with Gasteiger partial charge in [-0.25, -0.2) is 0 Å². The molecule has 0 radical (unpaired) electrons. The lowest BCUT2D eigenvalue weighted by atomic mass is 10.2. The maximum absolute atomic E-state index is 5.40. The van der Waals surface area contributed by atoms with Gasteiger partial charge in [0, 0.05) is 51.3 Å². The quantitative estimate of drug-likeness (QED) is 0.621. The van der Waals surface area contributed by atoms with Crippen LogP contribution >= 0.6 is 11.8 Å². The number of guanidine groups is 1. The summed E-state index contributed by atoms with van der Waals surface area (Å²) in [5, 5.41) is 6.71. The van der Waals surface area contributed by atoms with E-state index in [-0.39, 0.29) is 0 Å². The van der Waals surface area contributed by atoms with E-state index < -0.39 is 0 Å². The first kappa shape index (κ1) is 16.3. The van der Waals surface area contributed by atoms with E-state index in [2.05, 4.69) is 20.5 Å². The highest BCUT2D eigenvalue weighted by Gasteiger charge is 2.13. The third-order valence-corrected chi connectivity index (χ3v) is 4.89. The molecule has 3 rings (SSSR count). The third-order valence-electron chi connectivity index (χ3n) is 3.94. The van der Waals surface area contributed by atoms with Gasteiger partial charge in [-0.3, -0.25) is 9.89 Å². The highest BCUT2D eigenvalue weighted by molar-refractivity contribution is 7.99. The van der Waals surface area contributed by atoms with E-state index in [4.69, 9.17) is 9.47 Å². The van der Waals surface area contributed by atoms with Crippen molar-refractivity contribution >= 4 is 17.7 Å². The minimum Gasteiger partial charge on any atom is -0.454 e. The molecule has 1 aromatic carbocycles. The van der Waals surface area contributed by atoms with E-state index in [1.165, 1.54) is 24.6 Å². The molecule has 0 amide bonds. The van der Waals surface area contributed by atoms with Gasteiger partial charge >= 0.3 is 0 Å². The predicted octanol–water partition coefficient (Wildman–Crippen LogP) is 1.13. The Kier molecular flexibility index (Phi) is 5.87. The first-order valence-electron chi connectivity index (χ1n) is 7.98. The Morgan fingerprint density at radius 2 is 2.04 bits per heavy atom. The number of aliphatic imine (C=N–C) groups is 1. The van der Waals surface area contributed by atoms with E-state index in [1.807, 2.05) is 30.0 Å². The van der Waals surface area contributed by atoms with Crippen molar-refractivity contribution in [1.29, 1.82) is 0 Å². The average Bonchev–Trinajstić information content (AvgIpc) is 3.06. The third kappa shape index (κ3) is 4.68. The number of nitrogens with zero attached hydrogens (tertiary/aromatic N) is 2. The van der Waals surface area contributed by atoms with Crippen LogP contribution in [0.4, 0.5) is 0 Å². The normalized spacial score (nSPS) is 18.0. The van der Waals surface area contributed by atoms with Crippen molar-refractivity contribution in [2.45, 2.75) is 6.54 Å². The number of hydrogen-bond donors (Lipinski definition) is 2. The molecule has 7 heteroatoms. The molecule has 0 saturated carbocycles. The predicted molar refractivity (Wildman–Crippen MR) is 94.5 cm³/mol. The Balaban J connectivity index is 1.40. The fraction of sp³-hybridized carbons (Fsp3) is 0.562. The molecule has 2 heterocycles. The molecule has 0 aromatic heterocycles. The van der Waals surface area contributed by atoms with E-state index in [0.29, 0.717) is 13.3 Å². The van der Waals surface area contributed by atoms with Gasteiger partial charge in [0.05, 0.1) is 0 Å². The van der Waals surface area contributed by atoms with Crippen molar-refractivity contribution in [2.24, 2.45) is 4.99 Å². The second kappa shape index (κ2) is 8.31. The lowest BCUT2D eigenvalue weighted by Gasteiger charge is -2.26. The molecule has 2 aliphatic rings. The zero-order valence-corrected chi connectivity index (χ0v) is 14.3. The van der Waals surface area contributed by atoms with Crippen molar-refractivity contribution in [1.82, 2.24) is 15.5 Å². The van der Waals surface area contributed by atoms with Gasteiger partial charge in [-0.2, -0.15) is 11.8 Å². The standard InChI is InChI=1S/C16H24N4O2S/c1-17-16(18-4-5-20-6-8-23-9-7-20)19-11-13-2-3-14-15(10-13)22-12-21-14/h2-3,10H,4-9,11-12H2,1H3,(H2,17,18,19). The Morgan fingerprint density at radius 3 is 2.87 bits per heavy atom. The maximum atomic E-state index is 5.40. The summed E-state index contributed by atoms with van der Waals surface area (Å²) in [4.78, 5) is 6.77. The number of benzene rings is 1. The number of nitrogens with one attached hydrogen (secondary N) is 2. The van der Waals surface area contributed by atoms with Crippen LogP contribution in [0.5, 0.6) is 11.5 Å². The minimum atomic E-state index is 0.310. The molecular formula is C16H24N4O2S. The highest BCUT2D eigenvalue weighted by atomic mass is 32.2. The van der Waals surface area contributed by atoms with Gasteiger partial charge in [-0.05, 0) is 17.7 Å². The Hall–Kier alpha value is -1.60. The molecule has 0 aliphatic carbocycles. The summed E-state index contributed by atoms with van der Waals surface area (Å²) in [5.41, 5.74) is 1.14. The zero-order valence-electron chi connectivity index (χ0n) is 13.5. The first-order valence-corrected chi connectivity index (χ1v) is 9.14. The molecular weight excluding hydrogens is 312 g/mol. The van der Waals surface area contributed by atoms with E-state index in [9.17, 15) is 0 Å². The van der Waals surface area contributed by atoms with Crippen LogP contribution < -0.4 is 20.1 Å². The molecule has 2 aliphatic heterocycles. The van der Waals surface area contributed by atoms with Crippen LogP contribution in [0, 0.1) is 0 Å². The smallest absolute Gasteiger partial charge is 0.231 e. The summed E-state index contributed by atoms with van der Waals surface area (Å²) in [5.74, 6) is 4.95. The molecule has 0 unspecified atom stereocenters. The lowest BCUT2D eigenvalue weighted by Crippen LogP contribution is -2.43. The Labute approximate surface area is 141 Å². The van der Waals surface area contributed by atoms with Crippen LogP contribution in [0.15, 0.2) is 23.2 Å². The molecule has 126 valence electrons. The molecule has 6 nitrogen and oxygen atoms in total. The Bertz CT molecular complexity index is 547. The second-order valence-corrected chi connectivity index (χ2v) is 6.72. The van der Waals surface area contributed by atoms with Crippen LogP contribution in [-0.2, 0) is 6.54 Å². The molecule has 1 saturated heterocycles. The van der Waals surface area contributed by atoms with Gasteiger partial charge in [0.25, 0.3) is 0 Å². The van der Waals surface area contributed by atoms with Crippen molar-refractivity contribution in [2.75, 3.05) is 51.5 Å². The number of rotatable bonds is 5. The monoisotopic (exact) mass is 336 g/mol. The Morgan fingerprint density at radius 1 is 1.22 bits per heavy atom. The summed E-state index contributed by atoms with van der Waals surface area (Å²) in [6, 6.07) is 6.00. The van der Waals surface area contributed by atoms with E-state index in [1.54, 1.807) is 7.05 Å². The number of hydrogen-bond acceptors (Lipinski definition) is 5. The van der Waals surface area contributed by atoms with Gasteiger partial charge in [0.1, 0.15) is 0 Å². The van der Waals surface area contributed by atoms with Crippen molar-refractivity contribution in [3.8, 4) is 11.5 Å². The minimum absolute atomic E-state index is 0.310. The van der Waals surface area contributed by atoms with Gasteiger partial charge in [0.2, 0.25) is 6.79 Å². The van der Waals surface area contributed by atoms with Crippen LogP contribution in [0.1, 0.15) is 5.56 Å². The summed E-state index contributed by atoms with van der Waals surface area (Å²) >= 11 is 2.04. The second-order valence-electron chi connectivity index (χ2n) is 5.49. The number of fused-ring (bicyclic) bond motifs is 1. The van der Waals surface area contributed by atoms with E-state index in [0.717, 1.165) is 36.1 Å². The summed E-state index contributed by atoms with van der Waals surface area (Å²) < 4.78 is 10.7. The van der Waals surface area contributed by atoms with Crippen LogP contribution in [0.25, 0.3) is 0 Å². The molecule has 0 atom stereocenters. The fourth-order valence-corrected chi connectivity index (χ4v) is 3.59. The zero-order chi connectivity index (χ0) is 15.9. The van der Waals surface area contributed by atoms with Crippen molar-refractivity contribution < 1.29 is 9.47 Å². The van der Waals surface area contributed by atoms with Gasteiger partial charge in [-0.1, -0.05) is 6.07 Å². The van der Waals surface area contributed by atoms with Gasteiger partial charge in [0.15, 0.2) is 17.5 Å². The largest absolute Gasteiger partial charge is 0.454 e. The maximum Gasteiger partial charge on any atom is 0.231 e. The van der Waals surface area contributed by atoms with Crippen molar-refractivity contribution in [3.63, 3.8) is 0 Å². The van der Waals surface area contributed by atoms with Gasteiger partial charge < -0.3 is 20.1 Å². The molecule has 1 fully saturated rings. The topological polar surface area (TPSA) is 58.1 Å². The van der Waals surface area contributed by atoms with Gasteiger partial charge in [-0.15, -0.1) is 0 Å². The summed E-state index contributed by atoms with van der Waals surface area (Å²) in [6.07, 6.45) is 0. The van der Waals surface area contributed by atoms with Crippen LogP contribution in [0.3, 0.4) is 0 Å². The molecule has 1 aromatic rings. The summed E-state index contributed by atoms with van der Waals surface area (Å²) in [7, 11) is 1.80. The van der Waals surface area contributed by atoms with Crippen LogP contribution in [0.2, 0.25) is 0 Å². The first-order chi connectivity index (χ1) is 11.3. The van der Waals surface area contributed by atoms with E-state index >= 15 is 0 Å². The van der Waals surface area contributed by atoms with Crippen molar-refractivity contribution in [3.05, 3.63) is 23.8 Å². The highest BCUT2D eigenvalue weighted by Crippen LogP contribution is 2.32. The molecule has 23 heavy (non-hydrogen) atoms. The average molecular weight is 336 g/mol. The fourth-order valence-electron chi connectivity index (χ4n) is 2.61. The molecule has 0 bridgehead atoms. The SMILES string of the molecule is CN=C(NCCN1CCSCC1)NCc1ccc2c(c1)OCO2. The van der Waals surface area contributed by atoms with Crippen LogP contribution in [-0.4, -0.2) is 62.4 Å². The number of ether oxygens (including phenoxy) is 2. The molecule has 2 N–H and O–H groups in total. The lowest BCUT2D eigenvalue weighted by molar-refractivity contribution is 0.174. The summed E-state index contributed by atoms with van der Waals surface area (Å²) in [6.45, 7) is 5.36. The number of thioether (sulfide) groups is 1. The molecule has 0 spiro atoms.